The van der Waals surface area contributed by atoms with Gasteiger partial charge in [0.1, 0.15) is 0 Å². The summed E-state index contributed by atoms with van der Waals surface area (Å²) >= 11 is 0. The molecule has 21 heavy (non-hydrogen) atoms. The first-order valence-corrected chi connectivity index (χ1v) is 7.60. The monoisotopic (exact) mass is 314 g/mol. The predicted molar refractivity (Wildman–Crippen MR) is 87.1 cm³/mol. The smallest absolute Gasteiger partial charge is 0.274 e. The molecule has 1 aromatic rings. The molecule has 1 atom stereocenters. The average Bonchev–Trinajstić information content (AvgIpc) is 3.04. The summed E-state index contributed by atoms with van der Waals surface area (Å²) in [6.07, 6.45) is 2.02. The quantitative estimate of drug-likeness (QED) is 0.906. The Morgan fingerprint density at radius 3 is 2.76 bits per heavy atom. The first-order chi connectivity index (χ1) is 9.54. The SMILES string of the molecule is CCCN(C(=O)c1cc(C(C)C)n(C)n1)C1CCNC1.Cl. The second kappa shape index (κ2) is 7.80. The van der Waals surface area contributed by atoms with E-state index in [4.69, 9.17) is 0 Å². The number of nitrogens with one attached hydrogen (secondary N) is 1. The number of carbonyl (C=O) groups is 1. The fourth-order valence-electron chi connectivity index (χ4n) is 2.87. The molecule has 1 aromatic heterocycles. The van der Waals surface area contributed by atoms with E-state index in [-0.39, 0.29) is 18.3 Å². The number of halogens is 1. The van der Waals surface area contributed by atoms with Crippen molar-refractivity contribution in [3.8, 4) is 0 Å². The van der Waals surface area contributed by atoms with Gasteiger partial charge in [-0.15, -0.1) is 12.4 Å². The lowest BCUT2D eigenvalue weighted by Crippen LogP contribution is -2.42. The van der Waals surface area contributed by atoms with Crippen molar-refractivity contribution >= 4 is 18.3 Å². The molecule has 5 nitrogen and oxygen atoms in total. The number of hydrogen-bond acceptors (Lipinski definition) is 3. The van der Waals surface area contributed by atoms with Crippen LogP contribution in [0.5, 0.6) is 0 Å². The maximum Gasteiger partial charge on any atom is 0.274 e. The van der Waals surface area contributed by atoms with Crippen molar-refractivity contribution in [1.82, 2.24) is 20.0 Å². The maximum atomic E-state index is 12.7. The Balaban J connectivity index is 0.00000220. The van der Waals surface area contributed by atoms with Gasteiger partial charge < -0.3 is 10.2 Å². The van der Waals surface area contributed by atoms with Crippen molar-refractivity contribution in [2.75, 3.05) is 19.6 Å². The van der Waals surface area contributed by atoms with Crippen LogP contribution in [0.2, 0.25) is 0 Å². The Morgan fingerprint density at radius 2 is 2.29 bits per heavy atom. The summed E-state index contributed by atoms with van der Waals surface area (Å²) in [5.74, 6) is 0.449. The van der Waals surface area contributed by atoms with Gasteiger partial charge in [-0.2, -0.15) is 5.10 Å². The highest BCUT2D eigenvalue weighted by Gasteiger charge is 2.28. The third-order valence-electron chi connectivity index (χ3n) is 3.93. The van der Waals surface area contributed by atoms with Crippen molar-refractivity contribution in [2.45, 2.75) is 45.6 Å². The van der Waals surface area contributed by atoms with E-state index < -0.39 is 0 Å². The normalized spacial score (nSPS) is 17.9. The van der Waals surface area contributed by atoms with Crippen LogP contribution in [0.3, 0.4) is 0 Å². The highest BCUT2D eigenvalue weighted by molar-refractivity contribution is 5.92. The average molecular weight is 315 g/mol. The molecule has 0 saturated carbocycles. The molecule has 0 spiro atoms. The molecule has 1 aliphatic rings. The minimum absolute atomic E-state index is 0. The van der Waals surface area contributed by atoms with Crippen molar-refractivity contribution in [3.63, 3.8) is 0 Å². The molecule has 0 aliphatic carbocycles. The summed E-state index contributed by atoms with van der Waals surface area (Å²) in [5.41, 5.74) is 1.69. The third kappa shape index (κ3) is 3.98. The maximum absolute atomic E-state index is 12.7. The fraction of sp³-hybridized carbons (Fsp3) is 0.733. The largest absolute Gasteiger partial charge is 0.333 e. The van der Waals surface area contributed by atoms with E-state index in [0.717, 1.165) is 38.2 Å². The van der Waals surface area contributed by atoms with Crippen LogP contribution in [0.1, 0.15) is 55.7 Å². The van der Waals surface area contributed by atoms with Crippen LogP contribution in [0.25, 0.3) is 0 Å². The number of carbonyl (C=O) groups excluding carboxylic acids is 1. The summed E-state index contributed by atoms with van der Waals surface area (Å²) in [4.78, 5) is 14.7. The lowest BCUT2D eigenvalue weighted by atomic mass is 10.1. The molecule has 6 heteroatoms. The predicted octanol–water partition coefficient (Wildman–Crippen LogP) is 2.18. The second-order valence-corrected chi connectivity index (χ2v) is 5.88. The summed E-state index contributed by atoms with van der Waals surface area (Å²) < 4.78 is 1.83. The summed E-state index contributed by atoms with van der Waals surface area (Å²) in [6.45, 7) is 9.05. The zero-order valence-electron chi connectivity index (χ0n) is 13.4. The van der Waals surface area contributed by atoms with Crippen LogP contribution >= 0.6 is 12.4 Å². The Bertz CT molecular complexity index is 466. The standard InChI is InChI=1S/C15H26N4O.ClH/c1-5-8-19(12-6-7-16-10-12)15(20)13-9-14(11(2)3)18(4)17-13;/h9,11-12,16H,5-8,10H2,1-4H3;1H. The fourth-order valence-corrected chi connectivity index (χ4v) is 2.87. The number of aryl methyl sites for hydroxylation is 1. The van der Waals surface area contributed by atoms with Gasteiger partial charge in [-0.1, -0.05) is 20.8 Å². The van der Waals surface area contributed by atoms with Crippen molar-refractivity contribution in [1.29, 1.82) is 0 Å². The highest BCUT2D eigenvalue weighted by atomic mass is 35.5. The number of rotatable bonds is 5. The van der Waals surface area contributed by atoms with Crippen LogP contribution in [0.15, 0.2) is 6.07 Å². The van der Waals surface area contributed by atoms with E-state index >= 15 is 0 Å². The van der Waals surface area contributed by atoms with Gasteiger partial charge in [-0.3, -0.25) is 9.48 Å². The molecular weight excluding hydrogens is 288 g/mol. The van der Waals surface area contributed by atoms with E-state index in [1.807, 2.05) is 22.7 Å². The van der Waals surface area contributed by atoms with E-state index in [2.05, 4.69) is 31.2 Å². The van der Waals surface area contributed by atoms with Gasteiger partial charge in [0, 0.05) is 31.9 Å². The van der Waals surface area contributed by atoms with E-state index in [1.165, 1.54) is 0 Å². The molecule has 0 bridgehead atoms. The molecular formula is C15H27ClN4O. The molecule has 1 N–H and O–H groups in total. The lowest BCUT2D eigenvalue weighted by Gasteiger charge is -2.27. The number of nitrogens with zero attached hydrogens (tertiary/aromatic N) is 3. The first kappa shape index (κ1) is 18.0. The topological polar surface area (TPSA) is 50.2 Å². The van der Waals surface area contributed by atoms with Crippen molar-refractivity contribution in [3.05, 3.63) is 17.5 Å². The first-order valence-electron chi connectivity index (χ1n) is 7.60. The van der Waals surface area contributed by atoms with Gasteiger partial charge in [0.25, 0.3) is 5.91 Å². The van der Waals surface area contributed by atoms with Gasteiger partial charge in [0.05, 0.1) is 0 Å². The molecule has 0 radical (unpaired) electrons. The highest BCUT2D eigenvalue weighted by Crippen LogP contribution is 2.18. The van der Waals surface area contributed by atoms with Crippen LogP contribution in [-0.2, 0) is 7.05 Å². The van der Waals surface area contributed by atoms with Crippen LogP contribution < -0.4 is 5.32 Å². The van der Waals surface area contributed by atoms with Crippen LogP contribution in [-0.4, -0.2) is 46.3 Å². The van der Waals surface area contributed by atoms with Gasteiger partial charge >= 0.3 is 0 Å². The van der Waals surface area contributed by atoms with E-state index in [0.29, 0.717) is 17.7 Å². The molecule has 1 saturated heterocycles. The number of amides is 1. The molecule has 1 fully saturated rings. The summed E-state index contributed by atoms with van der Waals surface area (Å²) in [5, 5.41) is 7.74. The molecule has 120 valence electrons. The molecule has 2 rings (SSSR count). The summed E-state index contributed by atoms with van der Waals surface area (Å²) in [7, 11) is 1.91. The number of hydrogen-bond donors (Lipinski definition) is 1. The zero-order chi connectivity index (χ0) is 14.7. The second-order valence-electron chi connectivity index (χ2n) is 5.88. The Kier molecular flexibility index (Phi) is 6.68. The van der Waals surface area contributed by atoms with Crippen LogP contribution in [0.4, 0.5) is 0 Å². The number of aromatic nitrogens is 2. The minimum Gasteiger partial charge on any atom is -0.333 e. The molecule has 0 aromatic carbocycles. The van der Waals surface area contributed by atoms with Gasteiger partial charge in [0.2, 0.25) is 0 Å². The molecule has 1 unspecified atom stereocenters. The van der Waals surface area contributed by atoms with Gasteiger partial charge in [-0.05, 0) is 31.4 Å². The third-order valence-corrected chi connectivity index (χ3v) is 3.93. The summed E-state index contributed by atoms with van der Waals surface area (Å²) in [6, 6.07) is 2.25. The van der Waals surface area contributed by atoms with Crippen LogP contribution in [0, 0.1) is 0 Å². The van der Waals surface area contributed by atoms with Gasteiger partial charge in [0.15, 0.2) is 5.69 Å². The Morgan fingerprint density at radius 1 is 1.57 bits per heavy atom. The zero-order valence-corrected chi connectivity index (χ0v) is 14.2. The molecule has 2 heterocycles. The van der Waals surface area contributed by atoms with Crippen molar-refractivity contribution in [2.24, 2.45) is 7.05 Å². The van der Waals surface area contributed by atoms with E-state index in [1.54, 1.807) is 0 Å². The Hall–Kier alpha value is -1.07. The minimum atomic E-state index is 0. The van der Waals surface area contributed by atoms with Gasteiger partial charge in [-0.25, -0.2) is 0 Å². The lowest BCUT2D eigenvalue weighted by molar-refractivity contribution is 0.0685. The molecule has 1 aliphatic heterocycles. The van der Waals surface area contributed by atoms with Crippen molar-refractivity contribution < 1.29 is 4.79 Å². The van der Waals surface area contributed by atoms with E-state index in [9.17, 15) is 4.79 Å². The molecule has 1 amide bonds. The Labute approximate surface area is 133 Å².